The third kappa shape index (κ3) is 6.08. The summed E-state index contributed by atoms with van der Waals surface area (Å²) in [6.07, 6.45) is 0.993. The maximum atomic E-state index is 12.8. The third-order valence-electron chi connectivity index (χ3n) is 5.55. The fraction of sp³-hybridized carbons (Fsp3) is 0.500. The van der Waals surface area contributed by atoms with Crippen molar-refractivity contribution in [2.24, 2.45) is 5.92 Å². The highest BCUT2D eigenvalue weighted by atomic mass is 19.4. The van der Waals surface area contributed by atoms with Crippen LogP contribution in [-0.2, 0) is 6.18 Å². The SMILES string of the molecule is Cc1cnc(N[C@H]2CC[C@@H](CNC(=O)c3cccc(C(F)(F)F)c3)CC2)nc1N(C)C. The number of anilines is 2. The Morgan fingerprint density at radius 1 is 1.19 bits per heavy atom. The van der Waals surface area contributed by atoms with Gasteiger partial charge >= 0.3 is 6.18 Å². The number of nitrogens with one attached hydrogen (secondary N) is 2. The Balaban J connectivity index is 1.47. The number of rotatable bonds is 6. The smallest absolute Gasteiger partial charge is 0.362 e. The summed E-state index contributed by atoms with van der Waals surface area (Å²) in [6.45, 7) is 2.42. The molecule has 0 radical (unpaired) electrons. The van der Waals surface area contributed by atoms with Crippen molar-refractivity contribution < 1.29 is 18.0 Å². The van der Waals surface area contributed by atoms with E-state index >= 15 is 0 Å². The standard InChI is InChI=1S/C22H28F3N5O/c1-14-12-27-21(29-19(14)30(2)3)28-18-9-7-15(8-10-18)13-26-20(31)16-5-4-6-17(11-16)22(23,24)25/h4-6,11-12,15,18H,7-10,13H2,1-3H3,(H,26,31)(H,27,28,29)/t15-,18+. The van der Waals surface area contributed by atoms with Crippen molar-refractivity contribution in [1.82, 2.24) is 15.3 Å². The fourth-order valence-corrected chi connectivity index (χ4v) is 3.82. The molecule has 0 aliphatic heterocycles. The molecule has 6 nitrogen and oxygen atoms in total. The highest BCUT2D eigenvalue weighted by molar-refractivity contribution is 5.94. The Morgan fingerprint density at radius 2 is 1.90 bits per heavy atom. The molecule has 1 amide bonds. The van der Waals surface area contributed by atoms with Crippen LogP contribution in [0.3, 0.4) is 0 Å². The average Bonchev–Trinajstić information content (AvgIpc) is 2.73. The number of carbonyl (C=O) groups is 1. The Kier molecular flexibility index (Phi) is 7.02. The second-order valence-corrected chi connectivity index (χ2v) is 8.25. The van der Waals surface area contributed by atoms with Crippen LogP contribution in [-0.4, -0.2) is 42.6 Å². The number of nitrogens with zero attached hydrogens (tertiary/aromatic N) is 3. The molecule has 1 aliphatic rings. The Labute approximate surface area is 180 Å². The molecule has 9 heteroatoms. The number of halogens is 3. The molecule has 31 heavy (non-hydrogen) atoms. The molecule has 1 aromatic heterocycles. The second kappa shape index (κ2) is 9.53. The van der Waals surface area contributed by atoms with Gasteiger partial charge in [0.25, 0.3) is 5.91 Å². The summed E-state index contributed by atoms with van der Waals surface area (Å²) in [4.78, 5) is 23.2. The van der Waals surface area contributed by atoms with Gasteiger partial charge in [-0.3, -0.25) is 4.79 Å². The van der Waals surface area contributed by atoms with E-state index in [1.54, 1.807) is 6.20 Å². The van der Waals surface area contributed by atoms with E-state index in [1.165, 1.54) is 12.1 Å². The summed E-state index contributed by atoms with van der Waals surface area (Å²) in [6, 6.07) is 4.76. The molecule has 0 atom stereocenters. The lowest BCUT2D eigenvalue weighted by Crippen LogP contribution is -2.34. The number of hydrogen-bond donors (Lipinski definition) is 2. The number of aryl methyl sites for hydroxylation is 1. The number of benzene rings is 1. The Bertz CT molecular complexity index is 908. The molecule has 0 spiro atoms. The predicted octanol–water partition coefficient (Wildman–Crippen LogP) is 4.27. The lowest BCUT2D eigenvalue weighted by atomic mass is 9.86. The van der Waals surface area contributed by atoms with Crippen LogP contribution >= 0.6 is 0 Å². The van der Waals surface area contributed by atoms with E-state index in [1.807, 2.05) is 25.9 Å². The fourth-order valence-electron chi connectivity index (χ4n) is 3.82. The number of aromatic nitrogens is 2. The third-order valence-corrected chi connectivity index (χ3v) is 5.55. The van der Waals surface area contributed by atoms with E-state index in [9.17, 15) is 18.0 Å². The lowest BCUT2D eigenvalue weighted by molar-refractivity contribution is -0.137. The molecule has 0 bridgehead atoms. The molecule has 2 aromatic rings. The van der Waals surface area contributed by atoms with Gasteiger partial charge in [-0.1, -0.05) is 6.07 Å². The van der Waals surface area contributed by atoms with Gasteiger partial charge in [-0.2, -0.15) is 18.2 Å². The largest absolute Gasteiger partial charge is 0.416 e. The number of amides is 1. The summed E-state index contributed by atoms with van der Waals surface area (Å²) in [5.74, 6) is 1.30. The maximum Gasteiger partial charge on any atom is 0.416 e. The van der Waals surface area contributed by atoms with E-state index in [0.717, 1.165) is 49.2 Å². The number of alkyl halides is 3. The van der Waals surface area contributed by atoms with E-state index in [4.69, 9.17) is 0 Å². The van der Waals surface area contributed by atoms with Gasteiger partial charge in [0.2, 0.25) is 5.95 Å². The van der Waals surface area contributed by atoms with Crippen LogP contribution in [0.5, 0.6) is 0 Å². The van der Waals surface area contributed by atoms with Gasteiger partial charge in [0, 0.05) is 44.0 Å². The zero-order chi connectivity index (χ0) is 22.6. The number of hydrogen-bond acceptors (Lipinski definition) is 5. The minimum atomic E-state index is -4.46. The Morgan fingerprint density at radius 3 is 2.55 bits per heavy atom. The van der Waals surface area contributed by atoms with Crippen molar-refractivity contribution >= 4 is 17.7 Å². The molecule has 1 aromatic carbocycles. The van der Waals surface area contributed by atoms with Crippen molar-refractivity contribution in [3.05, 3.63) is 47.2 Å². The van der Waals surface area contributed by atoms with Crippen LogP contribution in [0, 0.1) is 12.8 Å². The number of carbonyl (C=O) groups excluding carboxylic acids is 1. The zero-order valence-corrected chi connectivity index (χ0v) is 18.0. The molecule has 0 saturated heterocycles. The van der Waals surface area contributed by atoms with E-state index in [2.05, 4.69) is 20.6 Å². The average molecular weight is 435 g/mol. The quantitative estimate of drug-likeness (QED) is 0.709. The first kappa shape index (κ1) is 22.8. The van der Waals surface area contributed by atoms with Gasteiger partial charge in [-0.05, 0) is 56.7 Å². The lowest BCUT2D eigenvalue weighted by Gasteiger charge is -2.29. The molecular weight excluding hydrogens is 407 g/mol. The molecule has 2 N–H and O–H groups in total. The van der Waals surface area contributed by atoms with E-state index in [0.29, 0.717) is 18.4 Å². The van der Waals surface area contributed by atoms with Gasteiger partial charge in [-0.25, -0.2) is 4.98 Å². The second-order valence-electron chi connectivity index (χ2n) is 8.25. The van der Waals surface area contributed by atoms with Gasteiger partial charge in [0.15, 0.2) is 0 Å². The van der Waals surface area contributed by atoms with Gasteiger partial charge < -0.3 is 15.5 Å². The topological polar surface area (TPSA) is 70.1 Å². The van der Waals surface area contributed by atoms with Crippen molar-refractivity contribution in [3.8, 4) is 0 Å². The molecule has 1 fully saturated rings. The molecule has 1 saturated carbocycles. The maximum absolute atomic E-state index is 12.8. The summed E-state index contributed by atoms with van der Waals surface area (Å²) >= 11 is 0. The molecule has 0 unspecified atom stereocenters. The zero-order valence-electron chi connectivity index (χ0n) is 18.0. The minimum absolute atomic E-state index is 0.0263. The van der Waals surface area contributed by atoms with Crippen molar-refractivity contribution in [2.75, 3.05) is 30.9 Å². The van der Waals surface area contributed by atoms with Gasteiger partial charge in [-0.15, -0.1) is 0 Å². The first-order valence-corrected chi connectivity index (χ1v) is 10.4. The van der Waals surface area contributed by atoms with Gasteiger partial charge in [0.1, 0.15) is 5.82 Å². The van der Waals surface area contributed by atoms with Crippen LogP contribution in [0.25, 0.3) is 0 Å². The summed E-state index contributed by atoms with van der Waals surface area (Å²) in [7, 11) is 3.88. The molecule has 1 aliphatic carbocycles. The van der Waals surface area contributed by atoms with Crippen molar-refractivity contribution in [2.45, 2.75) is 44.8 Å². The van der Waals surface area contributed by atoms with Crippen LogP contribution in [0.1, 0.15) is 47.2 Å². The van der Waals surface area contributed by atoms with Crippen LogP contribution in [0.4, 0.5) is 24.9 Å². The minimum Gasteiger partial charge on any atom is -0.362 e. The monoisotopic (exact) mass is 435 g/mol. The van der Waals surface area contributed by atoms with E-state index < -0.39 is 17.6 Å². The van der Waals surface area contributed by atoms with Crippen molar-refractivity contribution in [3.63, 3.8) is 0 Å². The van der Waals surface area contributed by atoms with Crippen LogP contribution in [0.15, 0.2) is 30.5 Å². The first-order chi connectivity index (χ1) is 14.6. The normalized spacial score (nSPS) is 19.0. The van der Waals surface area contributed by atoms with E-state index in [-0.39, 0.29) is 11.6 Å². The molecular formula is C22H28F3N5O. The summed E-state index contributed by atoms with van der Waals surface area (Å²) in [5.41, 5.74) is 0.219. The van der Waals surface area contributed by atoms with Crippen LogP contribution < -0.4 is 15.5 Å². The predicted molar refractivity (Wildman–Crippen MR) is 114 cm³/mol. The molecule has 168 valence electrons. The summed E-state index contributed by atoms with van der Waals surface area (Å²) in [5, 5.41) is 6.17. The van der Waals surface area contributed by atoms with Gasteiger partial charge in [0.05, 0.1) is 5.56 Å². The Hall–Kier alpha value is -2.84. The summed E-state index contributed by atoms with van der Waals surface area (Å²) < 4.78 is 38.5. The van der Waals surface area contributed by atoms with Crippen LogP contribution in [0.2, 0.25) is 0 Å². The highest BCUT2D eigenvalue weighted by Crippen LogP contribution is 2.30. The molecule has 1 heterocycles. The first-order valence-electron chi connectivity index (χ1n) is 10.4. The highest BCUT2D eigenvalue weighted by Gasteiger charge is 2.31. The molecule has 3 rings (SSSR count). The van der Waals surface area contributed by atoms with Crippen molar-refractivity contribution in [1.29, 1.82) is 0 Å².